The molecule has 2 N–H and O–H groups in total. The number of nitrogens with zero attached hydrogens (tertiary/aromatic N) is 1. The first-order valence-electron chi connectivity index (χ1n) is 6.87. The topological polar surface area (TPSA) is 29.3 Å². The molecule has 1 heterocycles. The van der Waals surface area contributed by atoms with Gasteiger partial charge in [0.1, 0.15) is 0 Å². The van der Waals surface area contributed by atoms with Crippen LogP contribution in [0.2, 0.25) is 0 Å². The number of hydrogen-bond donors (Lipinski definition) is 1. The van der Waals surface area contributed by atoms with Crippen LogP contribution in [0.4, 0.5) is 0 Å². The highest BCUT2D eigenvalue weighted by Gasteiger charge is 2.32. The third-order valence-electron chi connectivity index (χ3n) is 4.45. The summed E-state index contributed by atoms with van der Waals surface area (Å²) in [5.74, 6) is 0.744. The van der Waals surface area contributed by atoms with Crippen molar-refractivity contribution in [2.45, 2.75) is 43.7 Å². The molecule has 1 saturated carbocycles. The lowest BCUT2D eigenvalue weighted by atomic mass is 9.99. The molecule has 17 heavy (non-hydrogen) atoms. The monoisotopic (exact) mass is 230 g/mol. The molecule has 2 nitrogen and oxygen atoms in total. The van der Waals surface area contributed by atoms with Gasteiger partial charge in [0, 0.05) is 18.6 Å². The summed E-state index contributed by atoms with van der Waals surface area (Å²) >= 11 is 0. The SMILES string of the molecule is NC1CCC(N2CCC(c3ccccc3)C2)C1. The zero-order valence-corrected chi connectivity index (χ0v) is 10.4. The van der Waals surface area contributed by atoms with E-state index in [0.717, 1.165) is 12.0 Å². The fourth-order valence-electron chi connectivity index (χ4n) is 3.44. The van der Waals surface area contributed by atoms with Crippen molar-refractivity contribution in [3.05, 3.63) is 35.9 Å². The second-order valence-corrected chi connectivity index (χ2v) is 5.62. The van der Waals surface area contributed by atoms with Crippen molar-refractivity contribution in [3.8, 4) is 0 Å². The molecule has 2 fully saturated rings. The highest BCUT2D eigenvalue weighted by molar-refractivity contribution is 5.21. The van der Waals surface area contributed by atoms with E-state index in [-0.39, 0.29) is 0 Å². The molecule has 0 radical (unpaired) electrons. The molecular weight excluding hydrogens is 208 g/mol. The highest BCUT2D eigenvalue weighted by Crippen LogP contribution is 2.32. The first kappa shape index (κ1) is 11.2. The smallest absolute Gasteiger partial charge is 0.0111 e. The summed E-state index contributed by atoms with van der Waals surface area (Å²) in [5.41, 5.74) is 7.52. The Balaban J connectivity index is 1.62. The van der Waals surface area contributed by atoms with Crippen molar-refractivity contribution < 1.29 is 0 Å². The van der Waals surface area contributed by atoms with Crippen LogP contribution in [0.15, 0.2) is 30.3 Å². The van der Waals surface area contributed by atoms with E-state index in [2.05, 4.69) is 35.2 Å². The Labute approximate surface area is 104 Å². The van der Waals surface area contributed by atoms with E-state index < -0.39 is 0 Å². The summed E-state index contributed by atoms with van der Waals surface area (Å²) < 4.78 is 0. The van der Waals surface area contributed by atoms with E-state index in [4.69, 9.17) is 5.73 Å². The summed E-state index contributed by atoms with van der Waals surface area (Å²) in [6.07, 6.45) is 5.05. The van der Waals surface area contributed by atoms with Crippen LogP contribution >= 0.6 is 0 Å². The van der Waals surface area contributed by atoms with Gasteiger partial charge in [-0.15, -0.1) is 0 Å². The van der Waals surface area contributed by atoms with Crippen molar-refractivity contribution >= 4 is 0 Å². The van der Waals surface area contributed by atoms with Gasteiger partial charge in [-0.2, -0.15) is 0 Å². The minimum atomic E-state index is 0.454. The van der Waals surface area contributed by atoms with Gasteiger partial charge in [-0.3, -0.25) is 4.90 Å². The molecule has 1 saturated heterocycles. The van der Waals surface area contributed by atoms with Crippen LogP contribution in [0, 0.1) is 0 Å². The van der Waals surface area contributed by atoms with Crippen molar-refractivity contribution in [2.24, 2.45) is 5.73 Å². The molecule has 2 heteroatoms. The van der Waals surface area contributed by atoms with Gasteiger partial charge in [-0.25, -0.2) is 0 Å². The van der Waals surface area contributed by atoms with Crippen molar-refractivity contribution in [3.63, 3.8) is 0 Å². The van der Waals surface area contributed by atoms with Gasteiger partial charge in [0.05, 0.1) is 0 Å². The number of benzene rings is 1. The predicted molar refractivity (Wildman–Crippen MR) is 71.0 cm³/mol. The summed E-state index contributed by atoms with van der Waals surface area (Å²) in [6, 6.07) is 12.2. The summed E-state index contributed by atoms with van der Waals surface area (Å²) in [4.78, 5) is 2.67. The molecule has 3 unspecified atom stereocenters. The zero-order chi connectivity index (χ0) is 11.7. The number of likely N-dealkylation sites (tertiary alicyclic amines) is 1. The average molecular weight is 230 g/mol. The molecule has 0 spiro atoms. The minimum Gasteiger partial charge on any atom is -0.328 e. The maximum atomic E-state index is 6.01. The van der Waals surface area contributed by atoms with Crippen LogP contribution in [0.25, 0.3) is 0 Å². The molecule has 0 aromatic heterocycles. The Bertz CT molecular complexity index is 362. The maximum absolute atomic E-state index is 6.01. The van der Waals surface area contributed by atoms with Crippen molar-refractivity contribution in [1.82, 2.24) is 4.90 Å². The molecule has 2 aliphatic rings. The fourth-order valence-corrected chi connectivity index (χ4v) is 3.44. The number of rotatable bonds is 2. The predicted octanol–water partition coefficient (Wildman–Crippen LogP) is 2.36. The van der Waals surface area contributed by atoms with Crippen LogP contribution < -0.4 is 5.73 Å². The average Bonchev–Trinajstić information content (AvgIpc) is 2.98. The summed E-state index contributed by atoms with van der Waals surface area (Å²) in [6.45, 7) is 2.50. The molecule has 1 aliphatic carbocycles. The molecule has 3 rings (SSSR count). The van der Waals surface area contributed by atoms with Crippen molar-refractivity contribution in [1.29, 1.82) is 0 Å². The Morgan fingerprint density at radius 2 is 1.88 bits per heavy atom. The molecule has 1 aromatic rings. The lowest BCUT2D eigenvalue weighted by molar-refractivity contribution is 0.242. The summed E-state index contributed by atoms with van der Waals surface area (Å²) in [7, 11) is 0. The van der Waals surface area contributed by atoms with Gasteiger partial charge in [0.15, 0.2) is 0 Å². The van der Waals surface area contributed by atoms with E-state index in [1.54, 1.807) is 0 Å². The highest BCUT2D eigenvalue weighted by atomic mass is 15.2. The first-order valence-corrected chi connectivity index (χ1v) is 6.87. The Morgan fingerprint density at radius 3 is 2.59 bits per heavy atom. The number of hydrogen-bond acceptors (Lipinski definition) is 2. The van der Waals surface area contributed by atoms with Crippen LogP contribution in [0.3, 0.4) is 0 Å². The lowest BCUT2D eigenvalue weighted by Crippen LogP contribution is -2.32. The number of nitrogens with two attached hydrogens (primary N) is 1. The van der Waals surface area contributed by atoms with E-state index in [9.17, 15) is 0 Å². The molecule has 0 amide bonds. The van der Waals surface area contributed by atoms with E-state index in [0.29, 0.717) is 6.04 Å². The van der Waals surface area contributed by atoms with Crippen molar-refractivity contribution in [2.75, 3.05) is 13.1 Å². The zero-order valence-electron chi connectivity index (χ0n) is 10.4. The Kier molecular flexibility index (Phi) is 3.17. The van der Waals surface area contributed by atoms with Gasteiger partial charge >= 0.3 is 0 Å². The van der Waals surface area contributed by atoms with Gasteiger partial charge in [0.25, 0.3) is 0 Å². The molecular formula is C15H22N2. The lowest BCUT2D eigenvalue weighted by Gasteiger charge is -2.23. The van der Waals surface area contributed by atoms with Crippen LogP contribution in [-0.4, -0.2) is 30.1 Å². The molecule has 0 bridgehead atoms. The largest absolute Gasteiger partial charge is 0.328 e. The third-order valence-corrected chi connectivity index (χ3v) is 4.45. The molecule has 1 aromatic carbocycles. The standard InChI is InChI=1S/C15H22N2/c16-14-6-7-15(10-14)17-9-8-13(11-17)12-4-2-1-3-5-12/h1-5,13-15H,6-11,16H2. The maximum Gasteiger partial charge on any atom is 0.0111 e. The molecule has 92 valence electrons. The van der Waals surface area contributed by atoms with Crippen LogP contribution in [-0.2, 0) is 0 Å². The quantitative estimate of drug-likeness (QED) is 0.845. The van der Waals surface area contributed by atoms with E-state index >= 15 is 0 Å². The van der Waals surface area contributed by atoms with Crippen LogP contribution in [0.5, 0.6) is 0 Å². The van der Waals surface area contributed by atoms with Gasteiger partial charge in [-0.1, -0.05) is 30.3 Å². The molecule has 1 aliphatic heterocycles. The summed E-state index contributed by atoms with van der Waals surface area (Å²) in [5, 5.41) is 0. The Hall–Kier alpha value is -0.860. The fraction of sp³-hybridized carbons (Fsp3) is 0.600. The third kappa shape index (κ3) is 2.38. The Morgan fingerprint density at radius 1 is 1.06 bits per heavy atom. The van der Waals surface area contributed by atoms with E-state index in [1.807, 2.05) is 0 Å². The first-order chi connectivity index (χ1) is 8.33. The van der Waals surface area contributed by atoms with Crippen LogP contribution in [0.1, 0.15) is 37.2 Å². The normalized spacial score (nSPS) is 34.3. The van der Waals surface area contributed by atoms with Gasteiger partial charge < -0.3 is 5.73 Å². The minimum absolute atomic E-state index is 0.454. The second-order valence-electron chi connectivity index (χ2n) is 5.62. The van der Waals surface area contributed by atoms with Gasteiger partial charge in [0.2, 0.25) is 0 Å². The van der Waals surface area contributed by atoms with E-state index in [1.165, 1.54) is 44.3 Å². The molecule has 3 atom stereocenters. The van der Waals surface area contributed by atoms with Gasteiger partial charge in [-0.05, 0) is 43.7 Å². The second kappa shape index (κ2) is 4.79.